The number of methoxy groups -OCH3 is 1. The maximum Gasteiger partial charge on any atom is 0.319 e. The molecule has 2 aromatic carbocycles. The van der Waals surface area contributed by atoms with Crippen molar-refractivity contribution in [2.75, 3.05) is 7.11 Å². The number of ether oxygens (including phenoxy) is 1. The minimum Gasteiger partial charge on any atom is -0.467 e. The minimum atomic E-state index is -0.489. The molecular formula is C25H20N4O2. The Morgan fingerprint density at radius 3 is 2.06 bits per heavy atom. The van der Waals surface area contributed by atoms with Gasteiger partial charge >= 0.3 is 5.97 Å². The summed E-state index contributed by atoms with van der Waals surface area (Å²) in [5.74, 6) is -0.489. The van der Waals surface area contributed by atoms with Crippen molar-refractivity contribution in [1.29, 1.82) is 0 Å². The molecule has 6 nitrogen and oxygen atoms in total. The van der Waals surface area contributed by atoms with E-state index >= 15 is 0 Å². The van der Waals surface area contributed by atoms with E-state index in [1.54, 1.807) is 16.8 Å². The Morgan fingerprint density at radius 1 is 0.871 bits per heavy atom. The molecule has 6 heteroatoms. The average Bonchev–Trinajstić information content (AvgIpc) is 3.14. The standard InChI is InChI=1S/C25H20N4O2/c1-15-22(23-19-11-6-4-9-17(19)18-10-5-7-12-20(18)23)24(16(2)27-26-15)29-14-8-13-21(28-29)25(30)31-3/h4-14H,1-3H3/b29-24+. The number of hydrogen-bond acceptors (Lipinski definition) is 4. The molecule has 3 aliphatic rings. The van der Waals surface area contributed by atoms with E-state index in [0.29, 0.717) is 0 Å². The predicted molar refractivity (Wildman–Crippen MR) is 122 cm³/mol. The van der Waals surface area contributed by atoms with Crippen LogP contribution in [0.3, 0.4) is 0 Å². The third-order valence-corrected chi connectivity index (χ3v) is 5.54. The van der Waals surface area contributed by atoms with Crippen LogP contribution in [0.2, 0.25) is 0 Å². The van der Waals surface area contributed by atoms with Gasteiger partial charge in [0.15, 0.2) is 6.20 Å². The molecule has 2 heterocycles. The fourth-order valence-corrected chi connectivity index (χ4v) is 4.20. The Labute approximate surface area is 180 Å². The molecule has 2 aliphatic heterocycles. The molecule has 152 valence electrons. The van der Waals surface area contributed by atoms with Crippen molar-refractivity contribution in [2.45, 2.75) is 13.8 Å². The van der Waals surface area contributed by atoms with Gasteiger partial charge in [-0.05, 0) is 36.1 Å². The fourth-order valence-electron chi connectivity index (χ4n) is 4.20. The molecule has 0 atom stereocenters. The molecular weight excluding hydrogens is 388 g/mol. The quantitative estimate of drug-likeness (QED) is 0.435. The summed E-state index contributed by atoms with van der Waals surface area (Å²) in [5.41, 5.74) is 13.8. The summed E-state index contributed by atoms with van der Waals surface area (Å²) in [6.45, 7) is 3.85. The van der Waals surface area contributed by atoms with E-state index in [1.807, 2.05) is 32.2 Å². The smallest absolute Gasteiger partial charge is 0.319 e. The lowest BCUT2D eigenvalue weighted by molar-refractivity contribution is -0.396. The maximum atomic E-state index is 12.1. The molecule has 5 rings (SSSR count). The van der Waals surface area contributed by atoms with E-state index in [4.69, 9.17) is 4.74 Å². The van der Waals surface area contributed by atoms with Crippen molar-refractivity contribution >= 4 is 28.7 Å². The van der Waals surface area contributed by atoms with E-state index < -0.39 is 5.97 Å². The highest BCUT2D eigenvalue weighted by atomic mass is 16.5. The normalized spacial score (nSPS) is 19.1. The number of rotatable bonds is 1. The van der Waals surface area contributed by atoms with Gasteiger partial charge in [-0.1, -0.05) is 54.6 Å². The van der Waals surface area contributed by atoms with E-state index in [9.17, 15) is 4.79 Å². The largest absolute Gasteiger partial charge is 0.467 e. The SMILES string of the molecule is COC(=O)C1=CC=C/[N+](=C2/C(C)=NN=C(C)C2=C2c3ccccc3-c3ccccc32)[N-]1. The van der Waals surface area contributed by atoms with Crippen molar-refractivity contribution in [2.24, 2.45) is 10.2 Å². The summed E-state index contributed by atoms with van der Waals surface area (Å²) >= 11 is 0. The summed E-state index contributed by atoms with van der Waals surface area (Å²) in [6, 6.07) is 16.7. The molecule has 0 aromatic heterocycles. The first kappa shape index (κ1) is 18.9. The number of benzene rings is 2. The van der Waals surface area contributed by atoms with Crippen LogP contribution < -0.4 is 0 Å². The van der Waals surface area contributed by atoms with Crippen LogP contribution >= 0.6 is 0 Å². The lowest BCUT2D eigenvalue weighted by Gasteiger charge is -2.25. The summed E-state index contributed by atoms with van der Waals surface area (Å²) in [4.78, 5) is 12.1. The van der Waals surface area contributed by atoms with Gasteiger partial charge in [-0.25, -0.2) is 9.48 Å². The molecule has 0 spiro atoms. The highest BCUT2D eigenvalue weighted by Gasteiger charge is 2.34. The highest BCUT2D eigenvalue weighted by molar-refractivity contribution is 6.55. The molecule has 31 heavy (non-hydrogen) atoms. The number of carbonyl (C=O) groups is 1. The van der Waals surface area contributed by atoms with Crippen LogP contribution in [0, 0.1) is 0 Å². The van der Waals surface area contributed by atoms with Crippen LogP contribution in [0.15, 0.2) is 88.4 Å². The fraction of sp³-hybridized carbons (Fsp3) is 0.120. The topological polar surface area (TPSA) is 68.1 Å². The predicted octanol–water partition coefficient (Wildman–Crippen LogP) is 4.65. The number of fused-ring (bicyclic) bond motifs is 3. The summed E-state index contributed by atoms with van der Waals surface area (Å²) in [7, 11) is 1.35. The van der Waals surface area contributed by atoms with Crippen molar-refractivity contribution in [1.82, 2.24) is 0 Å². The van der Waals surface area contributed by atoms with Crippen molar-refractivity contribution in [3.63, 3.8) is 0 Å². The highest BCUT2D eigenvalue weighted by Crippen LogP contribution is 2.46. The zero-order chi connectivity index (χ0) is 21.5. The molecule has 0 fully saturated rings. The number of allylic oxidation sites excluding steroid dienone is 3. The van der Waals surface area contributed by atoms with Crippen LogP contribution in [0.25, 0.3) is 22.1 Å². The molecule has 0 saturated heterocycles. The van der Waals surface area contributed by atoms with Gasteiger partial charge in [0.05, 0.1) is 18.4 Å². The third kappa shape index (κ3) is 2.95. The Bertz CT molecular complexity index is 1280. The maximum absolute atomic E-state index is 12.1. The Balaban J connectivity index is 1.81. The molecule has 0 amide bonds. The van der Waals surface area contributed by atoms with Gasteiger partial charge in [-0.3, -0.25) is 0 Å². The van der Waals surface area contributed by atoms with Crippen LogP contribution in [-0.2, 0) is 9.53 Å². The second kappa shape index (κ2) is 7.32. The van der Waals surface area contributed by atoms with E-state index in [0.717, 1.165) is 39.4 Å². The minimum absolute atomic E-state index is 0.224. The van der Waals surface area contributed by atoms with Crippen LogP contribution in [-0.4, -0.2) is 34.9 Å². The molecule has 1 aliphatic carbocycles. The Morgan fingerprint density at radius 2 is 1.45 bits per heavy atom. The van der Waals surface area contributed by atoms with Crippen LogP contribution in [0.4, 0.5) is 0 Å². The zero-order valence-corrected chi connectivity index (χ0v) is 17.5. The first-order chi connectivity index (χ1) is 15.1. The molecule has 0 unspecified atom stereocenters. The third-order valence-electron chi connectivity index (χ3n) is 5.54. The zero-order valence-electron chi connectivity index (χ0n) is 17.5. The second-order valence-corrected chi connectivity index (χ2v) is 7.39. The van der Waals surface area contributed by atoms with E-state index in [1.165, 1.54) is 18.2 Å². The van der Waals surface area contributed by atoms with Gasteiger partial charge < -0.3 is 10.2 Å². The number of hydrogen-bond donors (Lipinski definition) is 0. The summed E-state index contributed by atoms with van der Waals surface area (Å²) in [6.07, 6.45) is 5.22. The number of esters is 1. The Kier molecular flexibility index (Phi) is 4.47. The van der Waals surface area contributed by atoms with Gasteiger partial charge in [-0.2, -0.15) is 5.10 Å². The lowest BCUT2D eigenvalue weighted by atomic mass is 9.90. The summed E-state index contributed by atoms with van der Waals surface area (Å²) < 4.78 is 6.55. The van der Waals surface area contributed by atoms with E-state index in [2.05, 4.69) is 52.0 Å². The van der Waals surface area contributed by atoms with Gasteiger partial charge in [0.2, 0.25) is 5.71 Å². The van der Waals surface area contributed by atoms with Gasteiger partial charge in [0.1, 0.15) is 5.71 Å². The van der Waals surface area contributed by atoms with Crippen LogP contribution in [0.1, 0.15) is 25.0 Å². The number of carbonyl (C=O) groups excluding carboxylic acids is 1. The first-order valence-corrected chi connectivity index (χ1v) is 9.98. The van der Waals surface area contributed by atoms with Crippen LogP contribution in [0.5, 0.6) is 0 Å². The van der Waals surface area contributed by atoms with Crippen molar-refractivity contribution < 1.29 is 14.2 Å². The van der Waals surface area contributed by atoms with Crippen molar-refractivity contribution in [3.8, 4) is 11.1 Å². The number of nitrogens with zero attached hydrogens (tertiary/aromatic N) is 4. The van der Waals surface area contributed by atoms with Gasteiger partial charge in [0.25, 0.3) is 0 Å². The molecule has 0 saturated carbocycles. The molecule has 0 radical (unpaired) electrons. The average molecular weight is 408 g/mol. The summed E-state index contributed by atoms with van der Waals surface area (Å²) in [5, 5.41) is 8.78. The van der Waals surface area contributed by atoms with Crippen molar-refractivity contribution in [3.05, 3.63) is 94.7 Å². The van der Waals surface area contributed by atoms with Gasteiger partial charge in [-0.15, -0.1) is 5.10 Å². The first-order valence-electron chi connectivity index (χ1n) is 9.98. The molecule has 2 aromatic rings. The Hall–Kier alpha value is -4.06. The molecule has 0 bridgehead atoms. The lowest BCUT2D eigenvalue weighted by Crippen LogP contribution is -2.31. The monoisotopic (exact) mass is 408 g/mol. The molecule has 0 N–H and O–H groups in total. The van der Waals surface area contributed by atoms with Gasteiger partial charge in [0, 0.05) is 17.3 Å². The van der Waals surface area contributed by atoms with E-state index in [-0.39, 0.29) is 5.70 Å². The second-order valence-electron chi connectivity index (χ2n) is 7.39.